The zero-order chi connectivity index (χ0) is 11.4. The Labute approximate surface area is 95.6 Å². The summed E-state index contributed by atoms with van der Waals surface area (Å²) in [5.74, 6) is 1.77. The maximum absolute atomic E-state index is 9.15. The molecule has 4 nitrogen and oxygen atoms in total. The van der Waals surface area contributed by atoms with Crippen molar-refractivity contribution in [3.63, 3.8) is 0 Å². The zero-order valence-electron chi connectivity index (χ0n) is 9.66. The second-order valence-electron chi connectivity index (χ2n) is 4.56. The maximum atomic E-state index is 9.15. The van der Waals surface area contributed by atoms with Crippen LogP contribution in [0.4, 0.5) is 0 Å². The predicted molar refractivity (Wildman–Crippen MR) is 59.9 cm³/mol. The fourth-order valence-electron chi connectivity index (χ4n) is 1.76. The van der Waals surface area contributed by atoms with Gasteiger partial charge in [0.2, 0.25) is 0 Å². The number of ether oxygens (including phenoxy) is 1. The lowest BCUT2D eigenvalue weighted by Crippen LogP contribution is -2.25. The van der Waals surface area contributed by atoms with Gasteiger partial charge in [0.15, 0.2) is 0 Å². The molecule has 0 unspecified atom stereocenters. The first-order valence-electron chi connectivity index (χ1n) is 5.66. The van der Waals surface area contributed by atoms with E-state index in [0.717, 1.165) is 30.9 Å². The number of hydrogen-bond donors (Lipinski definition) is 2. The summed E-state index contributed by atoms with van der Waals surface area (Å²) in [6.07, 6.45) is 2.26. The Bertz CT molecular complexity index is 331. The third kappa shape index (κ3) is 2.84. The number of hydrogen-bond acceptors (Lipinski definition) is 4. The molecule has 16 heavy (non-hydrogen) atoms. The molecule has 0 radical (unpaired) electrons. The van der Waals surface area contributed by atoms with Crippen LogP contribution in [0.2, 0.25) is 0 Å². The summed E-state index contributed by atoms with van der Waals surface area (Å²) in [4.78, 5) is 0. The van der Waals surface area contributed by atoms with Crippen molar-refractivity contribution in [2.45, 2.75) is 26.0 Å². The third-order valence-electron chi connectivity index (χ3n) is 3.10. The molecule has 1 aromatic rings. The van der Waals surface area contributed by atoms with E-state index in [-0.39, 0.29) is 12.0 Å². The Morgan fingerprint density at radius 3 is 2.81 bits per heavy atom. The summed E-state index contributed by atoms with van der Waals surface area (Å²) >= 11 is 0. The van der Waals surface area contributed by atoms with Crippen molar-refractivity contribution in [2.24, 2.45) is 5.41 Å². The summed E-state index contributed by atoms with van der Waals surface area (Å²) in [5.41, 5.74) is 0.155. The van der Waals surface area contributed by atoms with Gasteiger partial charge in [0.05, 0.1) is 6.54 Å². The minimum Gasteiger partial charge on any atom is -0.462 e. The van der Waals surface area contributed by atoms with E-state index in [1.807, 2.05) is 12.1 Å². The van der Waals surface area contributed by atoms with Crippen molar-refractivity contribution >= 4 is 0 Å². The number of rotatable bonds is 7. The molecular formula is C12H19NO3. The van der Waals surface area contributed by atoms with Gasteiger partial charge in [0.25, 0.3) is 0 Å². The largest absolute Gasteiger partial charge is 0.462 e. The zero-order valence-corrected chi connectivity index (χ0v) is 9.66. The van der Waals surface area contributed by atoms with E-state index < -0.39 is 0 Å². The molecule has 1 aromatic heterocycles. The Morgan fingerprint density at radius 1 is 1.44 bits per heavy atom. The molecule has 2 rings (SSSR count). The van der Waals surface area contributed by atoms with Crippen LogP contribution < -0.4 is 5.32 Å². The van der Waals surface area contributed by atoms with Crippen molar-refractivity contribution in [3.8, 4) is 0 Å². The minimum atomic E-state index is 0.155. The quantitative estimate of drug-likeness (QED) is 0.734. The first kappa shape index (κ1) is 11.6. The number of methoxy groups -OCH3 is 1. The predicted octanol–water partition coefficient (Wildman–Crippen LogP) is 1.29. The highest BCUT2D eigenvalue weighted by atomic mass is 16.5. The van der Waals surface area contributed by atoms with Gasteiger partial charge in [0, 0.05) is 25.7 Å². The normalized spacial score (nSPS) is 17.6. The van der Waals surface area contributed by atoms with Gasteiger partial charge in [0.1, 0.15) is 18.1 Å². The van der Waals surface area contributed by atoms with E-state index in [2.05, 4.69) is 5.32 Å². The molecule has 1 heterocycles. The van der Waals surface area contributed by atoms with E-state index in [0.29, 0.717) is 13.2 Å². The molecule has 0 amide bonds. The van der Waals surface area contributed by atoms with Crippen LogP contribution in [0.25, 0.3) is 0 Å². The van der Waals surface area contributed by atoms with Crippen molar-refractivity contribution in [1.29, 1.82) is 0 Å². The number of furan rings is 1. The molecule has 4 heteroatoms. The van der Waals surface area contributed by atoms with Gasteiger partial charge in [-0.05, 0) is 25.0 Å². The topological polar surface area (TPSA) is 54.6 Å². The Morgan fingerprint density at radius 2 is 2.19 bits per heavy atom. The molecule has 1 aliphatic carbocycles. The molecule has 2 N–H and O–H groups in total. The van der Waals surface area contributed by atoms with Gasteiger partial charge in [-0.15, -0.1) is 0 Å². The van der Waals surface area contributed by atoms with Crippen molar-refractivity contribution < 1.29 is 14.3 Å². The maximum Gasteiger partial charge on any atom is 0.129 e. The molecule has 0 bridgehead atoms. The fraction of sp³-hybridized carbons (Fsp3) is 0.667. The van der Waals surface area contributed by atoms with Crippen LogP contribution in [-0.4, -0.2) is 25.4 Å². The third-order valence-corrected chi connectivity index (χ3v) is 3.10. The number of aliphatic hydroxyl groups excluding tert-OH is 1. The van der Waals surface area contributed by atoms with Crippen LogP contribution in [0.15, 0.2) is 16.5 Å². The van der Waals surface area contributed by atoms with E-state index in [1.54, 1.807) is 7.11 Å². The average molecular weight is 225 g/mol. The van der Waals surface area contributed by atoms with E-state index in [9.17, 15) is 0 Å². The molecular weight excluding hydrogens is 206 g/mol. The van der Waals surface area contributed by atoms with Gasteiger partial charge in [-0.25, -0.2) is 0 Å². The molecule has 0 aliphatic heterocycles. The first-order valence-corrected chi connectivity index (χ1v) is 5.66. The molecule has 1 aliphatic rings. The summed E-state index contributed by atoms with van der Waals surface area (Å²) in [7, 11) is 1.65. The van der Waals surface area contributed by atoms with Gasteiger partial charge in [-0.1, -0.05) is 0 Å². The van der Waals surface area contributed by atoms with Gasteiger partial charge < -0.3 is 19.6 Å². The average Bonchev–Trinajstić information content (AvgIpc) is 2.94. The van der Waals surface area contributed by atoms with Crippen LogP contribution in [0.1, 0.15) is 24.4 Å². The fourth-order valence-corrected chi connectivity index (χ4v) is 1.76. The van der Waals surface area contributed by atoms with Crippen LogP contribution in [0, 0.1) is 5.41 Å². The number of nitrogens with one attached hydrogen (secondary N) is 1. The summed E-state index contributed by atoms with van der Waals surface area (Å²) in [6.45, 7) is 2.38. The standard InChI is InChI=1S/C12H19NO3/c1-15-7-11-3-2-10(16-11)6-13-8-12(9-14)4-5-12/h2-3,13-14H,4-9H2,1H3. The van der Waals surface area contributed by atoms with Crippen molar-refractivity contribution in [3.05, 3.63) is 23.7 Å². The highest BCUT2D eigenvalue weighted by Crippen LogP contribution is 2.44. The molecule has 90 valence electrons. The minimum absolute atomic E-state index is 0.155. The lowest BCUT2D eigenvalue weighted by molar-refractivity contribution is 0.162. The molecule has 1 saturated carbocycles. The van der Waals surface area contributed by atoms with Gasteiger partial charge in [-0.3, -0.25) is 0 Å². The Balaban J connectivity index is 1.72. The lowest BCUT2D eigenvalue weighted by Gasteiger charge is -2.11. The van der Waals surface area contributed by atoms with Crippen LogP contribution >= 0.6 is 0 Å². The van der Waals surface area contributed by atoms with E-state index >= 15 is 0 Å². The Hall–Kier alpha value is -0.840. The van der Waals surface area contributed by atoms with Crippen LogP contribution in [0.3, 0.4) is 0 Å². The second kappa shape index (κ2) is 4.99. The molecule has 0 atom stereocenters. The van der Waals surface area contributed by atoms with E-state index in [4.69, 9.17) is 14.3 Å². The Kier molecular flexibility index (Phi) is 3.63. The molecule has 0 aromatic carbocycles. The molecule has 0 spiro atoms. The van der Waals surface area contributed by atoms with Gasteiger partial charge >= 0.3 is 0 Å². The SMILES string of the molecule is COCc1ccc(CNCC2(CO)CC2)o1. The van der Waals surface area contributed by atoms with E-state index in [1.165, 1.54) is 0 Å². The highest BCUT2D eigenvalue weighted by Gasteiger charge is 2.41. The summed E-state index contributed by atoms with van der Waals surface area (Å²) in [5, 5.41) is 12.5. The highest BCUT2D eigenvalue weighted by molar-refractivity contribution is 5.06. The molecule has 1 fully saturated rings. The lowest BCUT2D eigenvalue weighted by atomic mass is 10.1. The van der Waals surface area contributed by atoms with Crippen LogP contribution in [0.5, 0.6) is 0 Å². The van der Waals surface area contributed by atoms with Crippen molar-refractivity contribution in [1.82, 2.24) is 5.32 Å². The van der Waals surface area contributed by atoms with Crippen LogP contribution in [-0.2, 0) is 17.9 Å². The summed E-state index contributed by atoms with van der Waals surface area (Å²) in [6, 6.07) is 3.89. The summed E-state index contributed by atoms with van der Waals surface area (Å²) < 4.78 is 10.5. The molecule has 0 saturated heterocycles. The van der Waals surface area contributed by atoms with Crippen molar-refractivity contribution in [2.75, 3.05) is 20.3 Å². The monoisotopic (exact) mass is 225 g/mol. The smallest absolute Gasteiger partial charge is 0.129 e. The van der Waals surface area contributed by atoms with Gasteiger partial charge in [-0.2, -0.15) is 0 Å². The number of aliphatic hydroxyl groups is 1. The second-order valence-corrected chi connectivity index (χ2v) is 4.56. The first-order chi connectivity index (χ1) is 7.78.